The van der Waals surface area contributed by atoms with E-state index >= 15 is 0 Å². The third-order valence-corrected chi connectivity index (χ3v) is 4.04. The number of fused-ring (bicyclic) bond motifs is 1. The van der Waals surface area contributed by atoms with E-state index in [2.05, 4.69) is 0 Å². The molecule has 0 radical (unpaired) electrons. The van der Waals surface area contributed by atoms with Crippen LogP contribution in [0.2, 0.25) is 0 Å². The second-order valence-corrected chi connectivity index (χ2v) is 5.12. The standard InChI is InChI=1S/C15H15NO4/c1-9-10(15(18)19)6-7-16(9)14(17)12-8-20-13-5-3-2-4-11(12)13/h2-5,8-10H,6-7H2,1H3,(H,18,19). The van der Waals surface area contributed by atoms with Gasteiger partial charge in [-0.3, -0.25) is 9.59 Å². The lowest BCUT2D eigenvalue weighted by Crippen LogP contribution is -2.37. The minimum absolute atomic E-state index is 0.161. The number of hydrogen-bond donors (Lipinski definition) is 1. The van der Waals surface area contributed by atoms with Crippen molar-refractivity contribution >= 4 is 22.8 Å². The van der Waals surface area contributed by atoms with Gasteiger partial charge < -0.3 is 14.4 Å². The Morgan fingerprint density at radius 3 is 2.80 bits per heavy atom. The molecule has 2 heterocycles. The van der Waals surface area contributed by atoms with Crippen LogP contribution >= 0.6 is 0 Å². The minimum Gasteiger partial charge on any atom is -0.481 e. The molecule has 20 heavy (non-hydrogen) atoms. The molecule has 5 nitrogen and oxygen atoms in total. The Hall–Kier alpha value is -2.30. The number of nitrogens with zero attached hydrogens (tertiary/aromatic N) is 1. The molecular formula is C15H15NO4. The number of likely N-dealkylation sites (tertiary alicyclic amines) is 1. The van der Waals surface area contributed by atoms with Gasteiger partial charge in [-0.15, -0.1) is 0 Å². The van der Waals surface area contributed by atoms with E-state index in [1.54, 1.807) is 17.9 Å². The summed E-state index contributed by atoms with van der Waals surface area (Å²) >= 11 is 0. The Morgan fingerprint density at radius 2 is 2.10 bits per heavy atom. The van der Waals surface area contributed by atoms with E-state index in [9.17, 15) is 9.59 Å². The Kier molecular flexibility index (Phi) is 2.97. The minimum atomic E-state index is -0.843. The number of benzene rings is 1. The van der Waals surface area contributed by atoms with Gasteiger partial charge in [0.1, 0.15) is 11.8 Å². The molecule has 1 amide bonds. The average molecular weight is 273 g/mol. The molecule has 2 aromatic rings. The van der Waals surface area contributed by atoms with Crippen LogP contribution in [0.15, 0.2) is 34.9 Å². The molecule has 5 heteroatoms. The molecule has 1 aromatic heterocycles. The zero-order chi connectivity index (χ0) is 14.3. The topological polar surface area (TPSA) is 70.8 Å². The molecule has 104 valence electrons. The molecule has 1 aromatic carbocycles. The third kappa shape index (κ3) is 1.86. The fourth-order valence-electron chi connectivity index (χ4n) is 2.85. The smallest absolute Gasteiger partial charge is 0.308 e. The van der Waals surface area contributed by atoms with Crippen LogP contribution in [0.5, 0.6) is 0 Å². The highest BCUT2D eigenvalue weighted by molar-refractivity contribution is 6.06. The van der Waals surface area contributed by atoms with Gasteiger partial charge in [0.2, 0.25) is 0 Å². The molecule has 3 rings (SSSR count). The third-order valence-electron chi connectivity index (χ3n) is 4.04. The van der Waals surface area contributed by atoms with Crippen LogP contribution in [0.25, 0.3) is 11.0 Å². The number of furan rings is 1. The van der Waals surface area contributed by atoms with Crippen molar-refractivity contribution in [3.05, 3.63) is 36.1 Å². The number of carbonyl (C=O) groups excluding carboxylic acids is 1. The lowest BCUT2D eigenvalue weighted by Gasteiger charge is -2.22. The first-order chi connectivity index (χ1) is 9.59. The maximum absolute atomic E-state index is 12.6. The molecule has 0 aliphatic carbocycles. The summed E-state index contributed by atoms with van der Waals surface area (Å²) in [5, 5.41) is 9.90. The quantitative estimate of drug-likeness (QED) is 0.911. The number of hydrogen-bond acceptors (Lipinski definition) is 3. The Morgan fingerprint density at radius 1 is 1.35 bits per heavy atom. The van der Waals surface area contributed by atoms with Crippen LogP contribution in [0, 0.1) is 5.92 Å². The van der Waals surface area contributed by atoms with Gasteiger partial charge in [-0.05, 0) is 19.4 Å². The zero-order valence-electron chi connectivity index (χ0n) is 11.1. The number of carbonyl (C=O) groups is 2. The number of para-hydroxylation sites is 1. The van der Waals surface area contributed by atoms with E-state index in [1.165, 1.54) is 6.26 Å². The van der Waals surface area contributed by atoms with Gasteiger partial charge in [-0.2, -0.15) is 0 Å². The molecule has 0 spiro atoms. The molecule has 1 fully saturated rings. The second kappa shape index (κ2) is 4.67. The summed E-state index contributed by atoms with van der Waals surface area (Å²) in [6, 6.07) is 7.04. The molecule has 2 atom stereocenters. The van der Waals surface area contributed by atoms with E-state index in [4.69, 9.17) is 9.52 Å². The summed E-state index contributed by atoms with van der Waals surface area (Å²) in [6.07, 6.45) is 1.95. The van der Waals surface area contributed by atoms with Gasteiger partial charge in [0.05, 0.1) is 11.5 Å². The highest BCUT2D eigenvalue weighted by Crippen LogP contribution is 2.29. The Labute approximate surface area is 115 Å². The van der Waals surface area contributed by atoms with E-state index < -0.39 is 11.9 Å². The maximum atomic E-state index is 12.6. The SMILES string of the molecule is CC1C(C(=O)O)CCN1C(=O)c1coc2ccccc12. The van der Waals surface area contributed by atoms with Crippen LogP contribution in [-0.4, -0.2) is 34.5 Å². The van der Waals surface area contributed by atoms with Crippen molar-refractivity contribution < 1.29 is 19.1 Å². The fraction of sp³-hybridized carbons (Fsp3) is 0.333. The van der Waals surface area contributed by atoms with Gasteiger partial charge in [0.15, 0.2) is 0 Å². The van der Waals surface area contributed by atoms with Crippen molar-refractivity contribution in [2.24, 2.45) is 5.92 Å². The normalized spacial score (nSPS) is 22.4. The molecule has 0 saturated carbocycles. The number of carboxylic acids is 1. The van der Waals surface area contributed by atoms with Gasteiger partial charge in [0, 0.05) is 18.0 Å². The first-order valence-electron chi connectivity index (χ1n) is 6.59. The lowest BCUT2D eigenvalue weighted by atomic mass is 10.0. The molecular weight excluding hydrogens is 258 g/mol. The first-order valence-corrected chi connectivity index (χ1v) is 6.59. The monoisotopic (exact) mass is 273 g/mol. The molecule has 2 unspecified atom stereocenters. The fourth-order valence-corrected chi connectivity index (χ4v) is 2.85. The van der Waals surface area contributed by atoms with Crippen molar-refractivity contribution in [2.45, 2.75) is 19.4 Å². The molecule has 1 aliphatic rings. The van der Waals surface area contributed by atoms with Gasteiger partial charge >= 0.3 is 5.97 Å². The summed E-state index contributed by atoms with van der Waals surface area (Å²) < 4.78 is 5.38. The summed E-state index contributed by atoms with van der Waals surface area (Å²) in [5.41, 5.74) is 1.16. The Balaban J connectivity index is 1.92. The van der Waals surface area contributed by atoms with Crippen LogP contribution in [0.4, 0.5) is 0 Å². The molecule has 0 bridgehead atoms. The van der Waals surface area contributed by atoms with Crippen molar-refractivity contribution in [3.8, 4) is 0 Å². The van der Waals surface area contributed by atoms with Crippen molar-refractivity contribution in [1.29, 1.82) is 0 Å². The number of amides is 1. The van der Waals surface area contributed by atoms with E-state index in [0.29, 0.717) is 24.1 Å². The summed E-state index contributed by atoms with van der Waals surface area (Å²) in [6.45, 7) is 2.25. The van der Waals surface area contributed by atoms with Crippen LogP contribution < -0.4 is 0 Å². The highest BCUT2D eigenvalue weighted by Gasteiger charge is 2.39. The van der Waals surface area contributed by atoms with Crippen molar-refractivity contribution in [2.75, 3.05) is 6.54 Å². The largest absolute Gasteiger partial charge is 0.481 e. The van der Waals surface area contributed by atoms with Crippen LogP contribution in [0.1, 0.15) is 23.7 Å². The molecule has 1 saturated heterocycles. The van der Waals surface area contributed by atoms with Gasteiger partial charge in [-0.1, -0.05) is 18.2 Å². The van der Waals surface area contributed by atoms with E-state index in [1.807, 2.05) is 18.2 Å². The van der Waals surface area contributed by atoms with E-state index in [-0.39, 0.29) is 11.9 Å². The average Bonchev–Trinajstić information content (AvgIpc) is 3.01. The number of rotatable bonds is 2. The van der Waals surface area contributed by atoms with Crippen LogP contribution in [-0.2, 0) is 4.79 Å². The van der Waals surface area contributed by atoms with Gasteiger partial charge in [0.25, 0.3) is 5.91 Å². The summed E-state index contributed by atoms with van der Waals surface area (Å²) in [7, 11) is 0. The van der Waals surface area contributed by atoms with E-state index in [0.717, 1.165) is 5.39 Å². The highest BCUT2D eigenvalue weighted by atomic mass is 16.4. The lowest BCUT2D eigenvalue weighted by molar-refractivity contribution is -0.142. The van der Waals surface area contributed by atoms with Crippen molar-refractivity contribution in [3.63, 3.8) is 0 Å². The first kappa shape index (κ1) is 12.7. The zero-order valence-corrected chi connectivity index (χ0v) is 11.1. The predicted octanol–water partition coefficient (Wildman–Crippen LogP) is 2.37. The summed E-state index contributed by atoms with van der Waals surface area (Å²) in [4.78, 5) is 25.3. The van der Waals surface area contributed by atoms with Gasteiger partial charge in [-0.25, -0.2) is 0 Å². The predicted molar refractivity (Wildman–Crippen MR) is 72.5 cm³/mol. The number of carboxylic acid groups (broad SMARTS) is 1. The van der Waals surface area contributed by atoms with Crippen LogP contribution in [0.3, 0.4) is 0 Å². The van der Waals surface area contributed by atoms with Crippen molar-refractivity contribution in [1.82, 2.24) is 4.90 Å². The Bertz CT molecular complexity index is 675. The molecule has 1 aliphatic heterocycles. The second-order valence-electron chi connectivity index (χ2n) is 5.12. The number of aliphatic carboxylic acids is 1. The summed E-state index contributed by atoms with van der Waals surface area (Å²) in [5.74, 6) is -1.49. The molecule has 1 N–H and O–H groups in total. The maximum Gasteiger partial charge on any atom is 0.308 e.